The van der Waals surface area contributed by atoms with Gasteiger partial charge in [-0.2, -0.15) is 5.10 Å². The van der Waals surface area contributed by atoms with E-state index in [4.69, 9.17) is 10.8 Å². The highest BCUT2D eigenvalue weighted by molar-refractivity contribution is 6.02. The first kappa shape index (κ1) is 19.5. The second-order valence-electron chi connectivity index (χ2n) is 6.69. The van der Waals surface area contributed by atoms with Gasteiger partial charge in [-0.1, -0.05) is 13.3 Å². The van der Waals surface area contributed by atoms with Crippen LogP contribution in [0.1, 0.15) is 44.0 Å². The van der Waals surface area contributed by atoms with Gasteiger partial charge in [0.25, 0.3) is 0 Å². The quantitative estimate of drug-likeness (QED) is 0.740. The monoisotopic (exact) mass is 358 g/mol. The Morgan fingerprint density at radius 3 is 2.58 bits per heavy atom. The molecule has 2 aromatic heterocycles. The van der Waals surface area contributed by atoms with Crippen molar-refractivity contribution in [2.75, 3.05) is 0 Å². The lowest BCUT2D eigenvalue weighted by Crippen LogP contribution is -2.31. The van der Waals surface area contributed by atoms with Crippen molar-refractivity contribution < 1.29 is 14.3 Å². The van der Waals surface area contributed by atoms with Gasteiger partial charge < -0.3 is 10.8 Å². The second kappa shape index (κ2) is 8.05. The molecule has 26 heavy (non-hydrogen) atoms. The van der Waals surface area contributed by atoms with Gasteiger partial charge in [-0.25, -0.2) is 13.9 Å². The molecule has 0 saturated carbocycles. The molecule has 7 heteroatoms. The van der Waals surface area contributed by atoms with Gasteiger partial charge in [0.2, 0.25) is 0 Å². The maximum absolute atomic E-state index is 13.7. The molecule has 0 aliphatic rings. The third-order valence-electron chi connectivity index (χ3n) is 3.66. The number of hydrogen-bond acceptors (Lipinski definition) is 4. The Balaban J connectivity index is 0.000000298. The fourth-order valence-electron chi connectivity index (χ4n) is 2.52. The van der Waals surface area contributed by atoms with E-state index in [1.54, 1.807) is 24.5 Å². The van der Waals surface area contributed by atoms with Gasteiger partial charge in [-0.05, 0) is 44.5 Å². The molecule has 0 bridgehead atoms. The Labute approximate surface area is 151 Å². The molecule has 0 atom stereocenters. The van der Waals surface area contributed by atoms with E-state index < -0.39 is 11.8 Å². The molecule has 0 amide bonds. The molecule has 138 valence electrons. The Bertz CT molecular complexity index is 886. The highest BCUT2D eigenvalue weighted by Gasteiger charge is 2.15. The van der Waals surface area contributed by atoms with Crippen LogP contribution in [0.25, 0.3) is 16.6 Å². The van der Waals surface area contributed by atoms with E-state index in [0.29, 0.717) is 5.69 Å². The minimum Gasteiger partial charge on any atom is -0.478 e. The van der Waals surface area contributed by atoms with Crippen molar-refractivity contribution >= 4 is 16.9 Å². The van der Waals surface area contributed by atoms with Gasteiger partial charge >= 0.3 is 5.97 Å². The van der Waals surface area contributed by atoms with E-state index in [0.717, 1.165) is 12.5 Å². The summed E-state index contributed by atoms with van der Waals surface area (Å²) < 4.78 is 15.1. The van der Waals surface area contributed by atoms with Gasteiger partial charge in [0, 0.05) is 23.3 Å². The first-order valence-corrected chi connectivity index (χ1v) is 8.33. The summed E-state index contributed by atoms with van der Waals surface area (Å²) in [6.07, 6.45) is 6.95. The predicted octanol–water partition coefficient (Wildman–Crippen LogP) is 3.78. The summed E-state index contributed by atoms with van der Waals surface area (Å²) in [5.41, 5.74) is 6.38. The standard InChI is InChI=1S/C13H8FN3O2.C6H15N/c14-11-4-3-9(13(18)19)10-7-17(16-12(10)11)8-2-1-5-15-6-8;1-4-5-6(2,3)7/h1-7H,(H,18,19);4-5,7H2,1-3H3. The summed E-state index contributed by atoms with van der Waals surface area (Å²) in [5.74, 6) is -1.67. The molecule has 0 unspecified atom stereocenters. The Morgan fingerprint density at radius 1 is 1.35 bits per heavy atom. The summed E-state index contributed by atoms with van der Waals surface area (Å²) in [5, 5.41) is 13.4. The maximum Gasteiger partial charge on any atom is 0.336 e. The topological polar surface area (TPSA) is 94.0 Å². The normalized spacial score (nSPS) is 11.1. The molecule has 0 spiro atoms. The smallest absolute Gasteiger partial charge is 0.336 e. The maximum atomic E-state index is 13.7. The second-order valence-corrected chi connectivity index (χ2v) is 6.69. The molecule has 3 N–H and O–H groups in total. The fraction of sp³-hybridized carbons (Fsp3) is 0.316. The predicted molar refractivity (Wildman–Crippen MR) is 99.0 cm³/mol. The number of carbonyl (C=O) groups is 1. The lowest BCUT2D eigenvalue weighted by Gasteiger charge is -2.15. The highest BCUT2D eigenvalue weighted by Crippen LogP contribution is 2.22. The molecule has 3 aromatic rings. The van der Waals surface area contributed by atoms with Crippen molar-refractivity contribution in [3.05, 3.63) is 54.2 Å². The molecular formula is C19H23FN4O2. The van der Waals surface area contributed by atoms with Crippen LogP contribution in [-0.4, -0.2) is 31.4 Å². The molecule has 2 heterocycles. The van der Waals surface area contributed by atoms with Crippen molar-refractivity contribution in [3.63, 3.8) is 0 Å². The minimum atomic E-state index is -1.12. The number of hydrogen-bond donors (Lipinski definition) is 2. The van der Waals surface area contributed by atoms with Gasteiger partial charge in [0.15, 0.2) is 5.82 Å². The summed E-state index contributed by atoms with van der Waals surface area (Å²) >= 11 is 0. The number of nitrogens with two attached hydrogens (primary N) is 1. The number of aromatic carboxylic acids is 1. The van der Waals surface area contributed by atoms with Crippen LogP contribution in [0.3, 0.4) is 0 Å². The average molecular weight is 358 g/mol. The van der Waals surface area contributed by atoms with Crippen molar-refractivity contribution in [2.24, 2.45) is 5.73 Å². The van der Waals surface area contributed by atoms with E-state index in [9.17, 15) is 9.18 Å². The van der Waals surface area contributed by atoms with E-state index in [-0.39, 0.29) is 22.0 Å². The first-order valence-electron chi connectivity index (χ1n) is 8.33. The molecule has 1 aromatic carbocycles. The Kier molecular flexibility index (Phi) is 6.05. The van der Waals surface area contributed by atoms with Crippen molar-refractivity contribution in [2.45, 2.75) is 39.2 Å². The summed E-state index contributed by atoms with van der Waals surface area (Å²) in [6, 6.07) is 5.80. The number of benzene rings is 1. The molecule has 0 aliphatic heterocycles. The highest BCUT2D eigenvalue weighted by atomic mass is 19.1. The molecule has 0 aliphatic carbocycles. The molecule has 0 fully saturated rings. The van der Waals surface area contributed by atoms with E-state index >= 15 is 0 Å². The lowest BCUT2D eigenvalue weighted by atomic mass is 10.0. The summed E-state index contributed by atoms with van der Waals surface area (Å²) in [7, 11) is 0. The van der Waals surface area contributed by atoms with E-state index in [1.165, 1.54) is 23.4 Å². The number of aromatic nitrogens is 3. The Morgan fingerprint density at radius 2 is 2.08 bits per heavy atom. The van der Waals surface area contributed by atoms with Crippen LogP contribution in [0.5, 0.6) is 0 Å². The van der Waals surface area contributed by atoms with Crippen LogP contribution >= 0.6 is 0 Å². The van der Waals surface area contributed by atoms with Crippen molar-refractivity contribution in [3.8, 4) is 5.69 Å². The summed E-state index contributed by atoms with van der Waals surface area (Å²) in [6.45, 7) is 6.25. The van der Waals surface area contributed by atoms with Gasteiger partial charge in [-0.15, -0.1) is 0 Å². The number of pyridine rings is 1. The van der Waals surface area contributed by atoms with Gasteiger partial charge in [-0.3, -0.25) is 4.98 Å². The van der Waals surface area contributed by atoms with Crippen molar-refractivity contribution in [1.82, 2.24) is 14.8 Å². The van der Waals surface area contributed by atoms with Gasteiger partial charge in [0.05, 0.1) is 17.4 Å². The SMILES string of the molecule is CCCC(C)(C)N.O=C(O)c1ccc(F)c2nn(-c3cccnc3)cc12. The number of carboxylic acid groups (broad SMARTS) is 1. The molecule has 0 saturated heterocycles. The molecule has 6 nitrogen and oxygen atoms in total. The zero-order valence-electron chi connectivity index (χ0n) is 15.1. The number of rotatable bonds is 4. The lowest BCUT2D eigenvalue weighted by molar-refractivity contribution is 0.0699. The number of carboxylic acids is 1. The zero-order chi connectivity index (χ0) is 19.3. The zero-order valence-corrected chi connectivity index (χ0v) is 15.1. The number of halogens is 1. The largest absolute Gasteiger partial charge is 0.478 e. The molecule has 3 rings (SSSR count). The first-order chi connectivity index (χ1) is 12.2. The van der Waals surface area contributed by atoms with E-state index in [2.05, 4.69) is 30.9 Å². The van der Waals surface area contributed by atoms with Crippen LogP contribution in [-0.2, 0) is 0 Å². The molecule has 0 radical (unpaired) electrons. The minimum absolute atomic E-state index is 0.0199. The third kappa shape index (κ3) is 4.86. The van der Waals surface area contributed by atoms with Crippen LogP contribution in [0.2, 0.25) is 0 Å². The van der Waals surface area contributed by atoms with Crippen molar-refractivity contribution in [1.29, 1.82) is 0 Å². The Hall–Kier alpha value is -2.80. The van der Waals surface area contributed by atoms with Gasteiger partial charge in [0.1, 0.15) is 5.52 Å². The fourth-order valence-corrected chi connectivity index (χ4v) is 2.52. The van der Waals surface area contributed by atoms with Crippen LogP contribution < -0.4 is 5.73 Å². The third-order valence-corrected chi connectivity index (χ3v) is 3.66. The average Bonchev–Trinajstić information content (AvgIpc) is 3.01. The summed E-state index contributed by atoms with van der Waals surface area (Å²) in [4.78, 5) is 15.0. The number of fused-ring (bicyclic) bond motifs is 1. The van der Waals surface area contributed by atoms with E-state index in [1.807, 2.05) is 0 Å². The van der Waals surface area contributed by atoms with Crippen LogP contribution in [0.4, 0.5) is 4.39 Å². The number of nitrogens with zero attached hydrogens (tertiary/aromatic N) is 3. The van der Waals surface area contributed by atoms with Crippen LogP contribution in [0.15, 0.2) is 42.9 Å². The van der Waals surface area contributed by atoms with Crippen LogP contribution in [0, 0.1) is 5.82 Å². The molecular weight excluding hydrogens is 335 g/mol.